The molecule has 2 aromatic carbocycles. The van der Waals surface area contributed by atoms with Gasteiger partial charge >= 0.3 is 0 Å². The molecule has 4 rings (SSSR count). The Morgan fingerprint density at radius 1 is 1.07 bits per heavy atom. The minimum atomic E-state index is -0.551. The van der Waals surface area contributed by atoms with Gasteiger partial charge in [0.15, 0.2) is 23.1 Å². The summed E-state index contributed by atoms with van der Waals surface area (Å²) in [6.07, 6.45) is 1.13. The van der Waals surface area contributed by atoms with Crippen LogP contribution in [0.5, 0.6) is 17.2 Å². The summed E-state index contributed by atoms with van der Waals surface area (Å²) in [4.78, 5) is 8.22. The van der Waals surface area contributed by atoms with Crippen molar-refractivity contribution in [1.82, 2.24) is 9.97 Å². The number of nitrogens with zero attached hydrogens (tertiary/aromatic N) is 2. The molecule has 0 fully saturated rings. The van der Waals surface area contributed by atoms with Crippen LogP contribution in [0.25, 0.3) is 0 Å². The minimum absolute atomic E-state index is 0.0731. The molecule has 1 aliphatic rings. The van der Waals surface area contributed by atoms with E-state index >= 15 is 0 Å². The summed E-state index contributed by atoms with van der Waals surface area (Å²) in [6.45, 7) is 1.50. The molecule has 0 spiro atoms. The second-order valence-corrected chi connectivity index (χ2v) is 6.08. The van der Waals surface area contributed by atoms with Gasteiger partial charge in [-0.25, -0.2) is 9.37 Å². The van der Waals surface area contributed by atoms with Crippen LogP contribution in [0.1, 0.15) is 5.56 Å². The lowest BCUT2D eigenvalue weighted by molar-refractivity contribution is 0.171. The third-order valence-electron chi connectivity index (χ3n) is 4.16. The van der Waals surface area contributed by atoms with Crippen molar-refractivity contribution < 1.29 is 18.6 Å². The lowest BCUT2D eigenvalue weighted by Gasteiger charge is -2.19. The number of ether oxygens (including phenoxy) is 3. The van der Waals surface area contributed by atoms with Gasteiger partial charge in [0.25, 0.3) is 0 Å². The van der Waals surface area contributed by atoms with Crippen molar-refractivity contribution in [3.05, 3.63) is 60.0 Å². The van der Waals surface area contributed by atoms with Crippen molar-refractivity contribution >= 4 is 17.5 Å². The number of benzene rings is 2. The largest absolute Gasteiger partial charge is 0.497 e. The number of fused-ring (bicyclic) bond motifs is 1. The van der Waals surface area contributed by atoms with Crippen molar-refractivity contribution in [2.45, 2.75) is 6.54 Å². The first-order valence-corrected chi connectivity index (χ1v) is 8.77. The molecule has 1 aliphatic heterocycles. The van der Waals surface area contributed by atoms with Crippen LogP contribution in [0.4, 0.5) is 21.8 Å². The first kappa shape index (κ1) is 17.8. The molecular weight excluding hydrogens is 363 g/mol. The maximum atomic E-state index is 14.2. The van der Waals surface area contributed by atoms with Crippen LogP contribution in [-0.2, 0) is 6.54 Å². The molecule has 0 bridgehead atoms. The zero-order valence-electron chi connectivity index (χ0n) is 15.2. The molecule has 0 saturated heterocycles. The predicted molar refractivity (Wildman–Crippen MR) is 103 cm³/mol. The SMILES string of the molecule is COc1ccc(CNc2ncc(F)c(Nc3ccc4c(c3)OCCO4)n2)cc1. The second kappa shape index (κ2) is 7.99. The maximum Gasteiger partial charge on any atom is 0.225 e. The Morgan fingerprint density at radius 2 is 1.86 bits per heavy atom. The number of nitrogens with one attached hydrogen (secondary N) is 2. The van der Waals surface area contributed by atoms with Crippen molar-refractivity contribution in [3.63, 3.8) is 0 Å². The van der Waals surface area contributed by atoms with Gasteiger partial charge in [-0.2, -0.15) is 4.98 Å². The molecule has 0 amide bonds. The van der Waals surface area contributed by atoms with Gasteiger partial charge in [0.2, 0.25) is 5.95 Å². The molecule has 0 radical (unpaired) electrons. The number of hydrogen-bond donors (Lipinski definition) is 2. The summed E-state index contributed by atoms with van der Waals surface area (Å²) in [6, 6.07) is 12.9. The topological polar surface area (TPSA) is 77.5 Å². The van der Waals surface area contributed by atoms with Crippen LogP contribution in [0, 0.1) is 5.82 Å². The Bertz CT molecular complexity index is 966. The van der Waals surface area contributed by atoms with E-state index in [4.69, 9.17) is 14.2 Å². The van der Waals surface area contributed by atoms with Gasteiger partial charge in [0, 0.05) is 18.3 Å². The summed E-state index contributed by atoms with van der Waals surface area (Å²) in [5.74, 6) is 1.91. The third-order valence-corrected chi connectivity index (χ3v) is 4.16. The Kier molecular flexibility index (Phi) is 5.09. The Labute approximate surface area is 161 Å². The van der Waals surface area contributed by atoms with Gasteiger partial charge < -0.3 is 24.8 Å². The first-order valence-electron chi connectivity index (χ1n) is 8.77. The summed E-state index contributed by atoms with van der Waals surface area (Å²) in [7, 11) is 1.62. The predicted octanol–water partition coefficient (Wildman–Crippen LogP) is 3.75. The lowest BCUT2D eigenvalue weighted by Crippen LogP contribution is -2.15. The molecule has 8 heteroatoms. The number of halogens is 1. The van der Waals surface area contributed by atoms with Gasteiger partial charge in [-0.05, 0) is 29.8 Å². The minimum Gasteiger partial charge on any atom is -0.497 e. The van der Waals surface area contributed by atoms with Gasteiger partial charge in [-0.1, -0.05) is 12.1 Å². The summed E-state index contributed by atoms with van der Waals surface area (Å²) in [5, 5.41) is 6.05. The van der Waals surface area contributed by atoms with E-state index in [1.54, 1.807) is 25.3 Å². The summed E-state index contributed by atoms with van der Waals surface area (Å²) >= 11 is 0. The second-order valence-electron chi connectivity index (χ2n) is 6.08. The fourth-order valence-corrected chi connectivity index (χ4v) is 2.72. The van der Waals surface area contributed by atoms with Gasteiger partial charge in [0.05, 0.1) is 13.3 Å². The molecular formula is C20H19FN4O3. The molecule has 2 N–H and O–H groups in total. The van der Waals surface area contributed by atoms with Crippen LogP contribution in [-0.4, -0.2) is 30.3 Å². The molecule has 3 aromatic rings. The average molecular weight is 382 g/mol. The Hall–Kier alpha value is -3.55. The zero-order chi connectivity index (χ0) is 19.3. The van der Waals surface area contributed by atoms with Crippen LogP contribution >= 0.6 is 0 Å². The highest BCUT2D eigenvalue weighted by Gasteiger charge is 2.13. The van der Waals surface area contributed by atoms with Crippen LogP contribution in [0.3, 0.4) is 0 Å². The number of anilines is 3. The smallest absolute Gasteiger partial charge is 0.225 e. The van der Waals surface area contributed by atoms with E-state index in [2.05, 4.69) is 20.6 Å². The molecule has 7 nitrogen and oxygen atoms in total. The lowest BCUT2D eigenvalue weighted by atomic mass is 10.2. The summed E-state index contributed by atoms with van der Waals surface area (Å²) in [5.41, 5.74) is 1.66. The Morgan fingerprint density at radius 3 is 2.64 bits per heavy atom. The molecule has 0 saturated carbocycles. The van der Waals surface area contributed by atoms with Crippen LogP contribution < -0.4 is 24.8 Å². The van der Waals surface area contributed by atoms with Crippen LogP contribution in [0.2, 0.25) is 0 Å². The average Bonchev–Trinajstić information content (AvgIpc) is 2.74. The van der Waals surface area contributed by atoms with E-state index in [1.165, 1.54) is 0 Å². The molecule has 0 unspecified atom stereocenters. The normalized spacial score (nSPS) is 12.4. The van der Waals surface area contributed by atoms with Crippen LogP contribution in [0.15, 0.2) is 48.7 Å². The Balaban J connectivity index is 1.46. The highest BCUT2D eigenvalue weighted by molar-refractivity contribution is 5.62. The number of aromatic nitrogens is 2. The fourth-order valence-electron chi connectivity index (χ4n) is 2.72. The molecule has 144 valence electrons. The van der Waals surface area contributed by atoms with Crippen molar-refractivity contribution in [2.24, 2.45) is 0 Å². The van der Waals surface area contributed by atoms with E-state index in [9.17, 15) is 4.39 Å². The van der Waals surface area contributed by atoms with E-state index in [-0.39, 0.29) is 5.82 Å². The van der Waals surface area contributed by atoms with Crippen molar-refractivity contribution in [2.75, 3.05) is 31.0 Å². The molecule has 0 atom stereocenters. The quantitative estimate of drug-likeness (QED) is 0.672. The highest BCUT2D eigenvalue weighted by atomic mass is 19.1. The third kappa shape index (κ3) is 4.06. The van der Waals surface area contributed by atoms with E-state index in [0.29, 0.717) is 42.9 Å². The maximum absolute atomic E-state index is 14.2. The van der Waals surface area contributed by atoms with Crippen molar-refractivity contribution in [1.29, 1.82) is 0 Å². The highest BCUT2D eigenvalue weighted by Crippen LogP contribution is 2.33. The van der Waals surface area contributed by atoms with E-state index < -0.39 is 5.82 Å². The van der Waals surface area contributed by atoms with Gasteiger partial charge in [-0.3, -0.25) is 0 Å². The first-order chi connectivity index (χ1) is 13.7. The van der Waals surface area contributed by atoms with E-state index in [1.807, 2.05) is 24.3 Å². The standard InChI is InChI=1S/C20H19FN4O3/c1-26-15-5-2-13(3-6-15)11-22-20-23-12-16(21)19(25-20)24-14-4-7-17-18(10-14)28-9-8-27-17/h2-7,10,12H,8-9,11H2,1H3,(H2,22,23,24,25). The van der Waals surface area contributed by atoms with Crippen molar-refractivity contribution in [3.8, 4) is 17.2 Å². The monoisotopic (exact) mass is 382 g/mol. The fraction of sp³-hybridized carbons (Fsp3) is 0.200. The van der Waals surface area contributed by atoms with E-state index in [0.717, 1.165) is 17.5 Å². The van der Waals surface area contributed by atoms with Gasteiger partial charge in [0.1, 0.15) is 19.0 Å². The molecule has 0 aliphatic carbocycles. The van der Waals surface area contributed by atoms with Gasteiger partial charge in [-0.15, -0.1) is 0 Å². The number of methoxy groups -OCH3 is 1. The molecule has 2 heterocycles. The molecule has 28 heavy (non-hydrogen) atoms. The molecule has 1 aromatic heterocycles. The zero-order valence-corrected chi connectivity index (χ0v) is 15.2. The number of rotatable bonds is 6. The number of hydrogen-bond acceptors (Lipinski definition) is 7. The summed E-state index contributed by atoms with van der Waals surface area (Å²) < 4.78 is 30.3.